The zero-order valence-electron chi connectivity index (χ0n) is 11.7. The monoisotopic (exact) mass is 385 g/mol. The van der Waals surface area contributed by atoms with Gasteiger partial charge in [-0.15, -0.1) is 0 Å². The molecule has 2 rings (SSSR count). The lowest BCUT2D eigenvalue weighted by atomic mass is 10.1. The second kappa shape index (κ2) is 6.82. The van der Waals surface area contributed by atoms with Gasteiger partial charge in [-0.2, -0.15) is 0 Å². The molecule has 0 radical (unpaired) electrons. The third-order valence-electron chi connectivity index (χ3n) is 3.12. The molecule has 0 saturated heterocycles. The molecule has 2 aromatic carbocycles. The third-order valence-corrected chi connectivity index (χ3v) is 4.05. The molecule has 0 unspecified atom stereocenters. The fraction of sp³-hybridized carbons (Fsp3) is 0.188. The number of nitrogens with zero attached hydrogens (tertiary/aromatic N) is 1. The molecule has 0 N–H and O–H groups in total. The average molecular weight is 387 g/mol. The van der Waals surface area contributed by atoms with E-state index in [1.54, 1.807) is 18.0 Å². The van der Waals surface area contributed by atoms with Crippen LogP contribution in [0.3, 0.4) is 0 Å². The smallest absolute Gasteiger partial charge is 0.254 e. The maximum absolute atomic E-state index is 12.5. The molecule has 1 amide bonds. The molecule has 0 saturated carbocycles. The summed E-state index contributed by atoms with van der Waals surface area (Å²) in [5, 5.41) is 1.13. The summed E-state index contributed by atoms with van der Waals surface area (Å²) in [7, 11) is 1.76. The van der Waals surface area contributed by atoms with Crippen molar-refractivity contribution in [2.45, 2.75) is 13.5 Å². The van der Waals surface area contributed by atoms with Crippen LogP contribution in [0, 0.1) is 6.92 Å². The Bertz CT molecular complexity index is 668. The van der Waals surface area contributed by atoms with Gasteiger partial charge in [0.25, 0.3) is 5.91 Å². The van der Waals surface area contributed by atoms with Crippen LogP contribution in [0.5, 0.6) is 0 Å². The minimum Gasteiger partial charge on any atom is -0.337 e. The van der Waals surface area contributed by atoms with Crippen molar-refractivity contribution in [1.82, 2.24) is 4.90 Å². The van der Waals surface area contributed by atoms with Crippen LogP contribution in [0.4, 0.5) is 0 Å². The molecule has 2 nitrogen and oxygen atoms in total. The maximum Gasteiger partial charge on any atom is 0.254 e. The summed E-state index contributed by atoms with van der Waals surface area (Å²) < 4.78 is 0.885. The molecular formula is C16H14BrCl2NO. The molecule has 5 heteroatoms. The number of carbonyl (C=O) groups is 1. The van der Waals surface area contributed by atoms with E-state index in [0.717, 1.165) is 15.6 Å². The predicted octanol–water partition coefficient (Wildman–Crippen LogP) is 5.34. The number of benzene rings is 2. The van der Waals surface area contributed by atoms with E-state index in [2.05, 4.69) is 15.9 Å². The quantitative estimate of drug-likeness (QED) is 0.697. The molecule has 2 aromatic rings. The van der Waals surface area contributed by atoms with Crippen molar-refractivity contribution >= 4 is 45.0 Å². The van der Waals surface area contributed by atoms with Crippen molar-refractivity contribution in [2.75, 3.05) is 7.05 Å². The summed E-state index contributed by atoms with van der Waals surface area (Å²) in [6.45, 7) is 2.37. The van der Waals surface area contributed by atoms with E-state index in [1.807, 2.05) is 37.3 Å². The average Bonchev–Trinajstić information content (AvgIpc) is 2.39. The summed E-state index contributed by atoms with van der Waals surface area (Å²) in [4.78, 5) is 14.2. The van der Waals surface area contributed by atoms with E-state index >= 15 is 0 Å². The molecule has 0 fully saturated rings. The van der Waals surface area contributed by atoms with Gasteiger partial charge < -0.3 is 4.90 Å². The standard InChI is InChI=1S/C16H14BrCl2NO/c1-10-3-4-12(17)7-15(10)16(21)20(2)9-11-5-13(18)8-14(19)6-11/h3-8H,9H2,1-2H3. The summed E-state index contributed by atoms with van der Waals surface area (Å²) in [6.07, 6.45) is 0. The summed E-state index contributed by atoms with van der Waals surface area (Å²) >= 11 is 15.4. The van der Waals surface area contributed by atoms with Crippen LogP contribution < -0.4 is 0 Å². The maximum atomic E-state index is 12.5. The number of hydrogen-bond acceptors (Lipinski definition) is 1. The van der Waals surface area contributed by atoms with E-state index in [4.69, 9.17) is 23.2 Å². The van der Waals surface area contributed by atoms with E-state index in [1.165, 1.54) is 0 Å². The molecule has 0 aromatic heterocycles. The van der Waals surface area contributed by atoms with Gasteiger partial charge in [0.05, 0.1) is 0 Å². The fourth-order valence-electron chi connectivity index (χ4n) is 2.08. The van der Waals surface area contributed by atoms with Crippen LogP contribution in [0.1, 0.15) is 21.5 Å². The van der Waals surface area contributed by atoms with E-state index < -0.39 is 0 Å². The van der Waals surface area contributed by atoms with Gasteiger partial charge in [0.2, 0.25) is 0 Å². The summed E-state index contributed by atoms with van der Waals surface area (Å²) in [5.41, 5.74) is 2.52. The van der Waals surface area contributed by atoms with Crippen molar-refractivity contribution in [1.29, 1.82) is 0 Å². The van der Waals surface area contributed by atoms with Gasteiger partial charge in [-0.3, -0.25) is 4.79 Å². The highest BCUT2D eigenvalue weighted by molar-refractivity contribution is 9.10. The van der Waals surface area contributed by atoms with Gasteiger partial charge in [-0.05, 0) is 48.4 Å². The first-order chi connectivity index (χ1) is 9.86. The number of rotatable bonds is 3. The molecule has 0 atom stereocenters. The minimum absolute atomic E-state index is 0.0371. The Hall–Kier alpha value is -1.03. The van der Waals surface area contributed by atoms with Crippen LogP contribution in [0.2, 0.25) is 10.0 Å². The lowest BCUT2D eigenvalue weighted by Crippen LogP contribution is -2.26. The number of hydrogen-bond donors (Lipinski definition) is 0. The number of carbonyl (C=O) groups excluding carboxylic acids is 1. The minimum atomic E-state index is -0.0371. The molecule has 0 bridgehead atoms. The van der Waals surface area contributed by atoms with Crippen LogP contribution in [0.15, 0.2) is 40.9 Å². The Morgan fingerprint density at radius 2 is 1.76 bits per heavy atom. The first-order valence-corrected chi connectivity index (χ1v) is 7.88. The third kappa shape index (κ3) is 4.22. The highest BCUT2D eigenvalue weighted by Gasteiger charge is 2.15. The van der Waals surface area contributed by atoms with Gasteiger partial charge in [0.1, 0.15) is 0 Å². The zero-order chi connectivity index (χ0) is 15.6. The summed E-state index contributed by atoms with van der Waals surface area (Å²) in [5.74, 6) is -0.0371. The Kier molecular flexibility index (Phi) is 5.31. The van der Waals surface area contributed by atoms with Crippen molar-refractivity contribution in [3.63, 3.8) is 0 Å². The molecule has 0 spiro atoms. The number of halogens is 3. The number of aryl methyl sites for hydroxylation is 1. The van der Waals surface area contributed by atoms with E-state index in [9.17, 15) is 4.79 Å². The largest absolute Gasteiger partial charge is 0.337 e. The van der Waals surface area contributed by atoms with Gasteiger partial charge in [-0.1, -0.05) is 45.2 Å². The van der Waals surface area contributed by atoms with Crippen LogP contribution >= 0.6 is 39.1 Å². The van der Waals surface area contributed by atoms with Crippen LogP contribution in [0.25, 0.3) is 0 Å². The van der Waals surface area contributed by atoms with Crippen molar-refractivity contribution in [3.05, 3.63) is 67.6 Å². The molecule has 0 aliphatic rings. The first-order valence-electron chi connectivity index (χ1n) is 6.33. The topological polar surface area (TPSA) is 20.3 Å². The Morgan fingerprint density at radius 3 is 2.38 bits per heavy atom. The molecule has 110 valence electrons. The van der Waals surface area contributed by atoms with E-state index in [0.29, 0.717) is 22.2 Å². The first kappa shape index (κ1) is 16.3. The summed E-state index contributed by atoms with van der Waals surface area (Å²) in [6, 6.07) is 11.0. The molecule has 0 aliphatic heterocycles. The Morgan fingerprint density at radius 1 is 1.14 bits per heavy atom. The van der Waals surface area contributed by atoms with Crippen molar-refractivity contribution in [3.8, 4) is 0 Å². The van der Waals surface area contributed by atoms with Gasteiger partial charge in [0, 0.05) is 33.7 Å². The Labute approximate surface area is 142 Å². The molecular weight excluding hydrogens is 373 g/mol. The molecule has 21 heavy (non-hydrogen) atoms. The predicted molar refractivity (Wildman–Crippen MR) is 91.1 cm³/mol. The zero-order valence-corrected chi connectivity index (χ0v) is 14.8. The van der Waals surface area contributed by atoms with Gasteiger partial charge >= 0.3 is 0 Å². The normalized spacial score (nSPS) is 10.5. The molecule has 0 heterocycles. The SMILES string of the molecule is Cc1ccc(Br)cc1C(=O)N(C)Cc1cc(Cl)cc(Cl)c1. The molecule has 0 aliphatic carbocycles. The van der Waals surface area contributed by atoms with E-state index in [-0.39, 0.29) is 5.91 Å². The van der Waals surface area contributed by atoms with Gasteiger partial charge in [-0.25, -0.2) is 0 Å². The fourth-order valence-corrected chi connectivity index (χ4v) is 3.01. The van der Waals surface area contributed by atoms with Crippen LogP contribution in [-0.4, -0.2) is 17.9 Å². The highest BCUT2D eigenvalue weighted by atomic mass is 79.9. The second-order valence-corrected chi connectivity index (χ2v) is 6.69. The Balaban J connectivity index is 2.21. The second-order valence-electron chi connectivity index (χ2n) is 4.90. The number of amides is 1. The van der Waals surface area contributed by atoms with Gasteiger partial charge in [0.15, 0.2) is 0 Å². The highest BCUT2D eigenvalue weighted by Crippen LogP contribution is 2.22. The van der Waals surface area contributed by atoms with Crippen LogP contribution in [-0.2, 0) is 6.54 Å². The van der Waals surface area contributed by atoms with Crippen molar-refractivity contribution in [2.24, 2.45) is 0 Å². The van der Waals surface area contributed by atoms with Crippen molar-refractivity contribution < 1.29 is 4.79 Å². The lowest BCUT2D eigenvalue weighted by Gasteiger charge is -2.19. The lowest BCUT2D eigenvalue weighted by molar-refractivity contribution is 0.0784.